The number of rotatable bonds is 6. The summed E-state index contributed by atoms with van der Waals surface area (Å²) in [5, 5.41) is 3.60. The van der Waals surface area contributed by atoms with Crippen LogP contribution in [0.1, 0.15) is 28.5 Å². The van der Waals surface area contributed by atoms with Gasteiger partial charge in [0.1, 0.15) is 5.75 Å². The molecule has 0 spiro atoms. The molecule has 0 atom stereocenters. The number of carbonyl (C=O) groups is 2. The van der Waals surface area contributed by atoms with Crippen molar-refractivity contribution < 1.29 is 19.1 Å². The first-order valence-electron chi connectivity index (χ1n) is 9.04. The van der Waals surface area contributed by atoms with Gasteiger partial charge in [0, 0.05) is 22.8 Å². The largest absolute Gasteiger partial charge is 0.483 e. The third kappa shape index (κ3) is 4.46. The summed E-state index contributed by atoms with van der Waals surface area (Å²) in [5.41, 5.74) is 3.61. The molecule has 3 rings (SSSR count). The molecule has 0 aliphatic carbocycles. The predicted molar refractivity (Wildman–Crippen MR) is 108 cm³/mol. The van der Waals surface area contributed by atoms with Crippen molar-refractivity contribution in [2.45, 2.75) is 20.8 Å². The standard InChI is InChI=1S/C22H22N2O4/c1-4-27-22(26)16-8-6-9-17(12-16)24-20(25)13-28-19-11-15(3)23-21-14(2)7-5-10-18(19)21/h5-12H,4,13H2,1-3H3,(H,24,25). The first kappa shape index (κ1) is 19.4. The number of aromatic nitrogens is 1. The number of fused-ring (bicyclic) bond motifs is 1. The van der Waals surface area contributed by atoms with Crippen molar-refractivity contribution in [2.24, 2.45) is 0 Å². The second-order valence-corrected chi connectivity index (χ2v) is 6.37. The van der Waals surface area contributed by atoms with E-state index >= 15 is 0 Å². The molecule has 0 radical (unpaired) electrons. The summed E-state index contributed by atoms with van der Waals surface area (Å²) >= 11 is 0. The number of hydrogen-bond donors (Lipinski definition) is 1. The Labute approximate surface area is 163 Å². The minimum Gasteiger partial charge on any atom is -0.483 e. The Morgan fingerprint density at radius 2 is 1.86 bits per heavy atom. The van der Waals surface area contributed by atoms with Crippen LogP contribution in [-0.2, 0) is 9.53 Å². The Balaban J connectivity index is 1.70. The van der Waals surface area contributed by atoms with Crippen LogP contribution in [0.15, 0.2) is 48.5 Å². The molecule has 1 aromatic heterocycles. The predicted octanol–water partition coefficient (Wildman–Crippen LogP) is 4.05. The Kier molecular flexibility index (Phi) is 5.89. The van der Waals surface area contributed by atoms with Crippen molar-refractivity contribution in [3.63, 3.8) is 0 Å². The van der Waals surface area contributed by atoms with E-state index in [1.165, 1.54) is 0 Å². The lowest BCUT2D eigenvalue weighted by molar-refractivity contribution is -0.118. The zero-order valence-corrected chi connectivity index (χ0v) is 16.1. The van der Waals surface area contributed by atoms with Gasteiger partial charge in [-0.1, -0.05) is 18.2 Å². The average Bonchev–Trinajstić information content (AvgIpc) is 2.67. The van der Waals surface area contributed by atoms with E-state index in [1.54, 1.807) is 31.2 Å². The van der Waals surface area contributed by atoms with Crippen molar-refractivity contribution in [3.05, 3.63) is 65.4 Å². The number of carbonyl (C=O) groups excluding carboxylic acids is 2. The summed E-state index contributed by atoms with van der Waals surface area (Å²) in [7, 11) is 0. The van der Waals surface area contributed by atoms with E-state index in [0.717, 1.165) is 22.2 Å². The molecule has 1 N–H and O–H groups in total. The van der Waals surface area contributed by atoms with Gasteiger partial charge in [-0.15, -0.1) is 0 Å². The first-order valence-corrected chi connectivity index (χ1v) is 9.04. The molecule has 1 amide bonds. The minimum atomic E-state index is -0.427. The van der Waals surface area contributed by atoms with Gasteiger partial charge in [-0.05, 0) is 50.6 Å². The summed E-state index contributed by atoms with van der Waals surface area (Å²) in [6.07, 6.45) is 0. The average molecular weight is 378 g/mol. The van der Waals surface area contributed by atoms with Crippen LogP contribution in [0.4, 0.5) is 5.69 Å². The van der Waals surface area contributed by atoms with Gasteiger partial charge in [-0.25, -0.2) is 4.79 Å². The summed E-state index contributed by atoms with van der Waals surface area (Å²) in [6.45, 7) is 5.76. The third-order valence-corrected chi connectivity index (χ3v) is 4.15. The fraction of sp³-hybridized carbons (Fsp3) is 0.227. The van der Waals surface area contributed by atoms with Gasteiger partial charge in [0.25, 0.3) is 5.91 Å². The smallest absolute Gasteiger partial charge is 0.338 e. The number of ether oxygens (including phenoxy) is 2. The highest BCUT2D eigenvalue weighted by Gasteiger charge is 2.11. The van der Waals surface area contributed by atoms with Crippen LogP contribution in [0.25, 0.3) is 10.9 Å². The van der Waals surface area contributed by atoms with E-state index in [4.69, 9.17) is 9.47 Å². The van der Waals surface area contributed by atoms with Gasteiger partial charge in [-0.3, -0.25) is 9.78 Å². The number of para-hydroxylation sites is 1. The maximum Gasteiger partial charge on any atom is 0.338 e. The molecular weight excluding hydrogens is 356 g/mol. The van der Waals surface area contributed by atoms with E-state index in [0.29, 0.717) is 23.6 Å². The molecule has 144 valence electrons. The molecule has 0 aliphatic rings. The molecule has 2 aromatic carbocycles. The number of aryl methyl sites for hydroxylation is 2. The summed E-state index contributed by atoms with van der Waals surface area (Å²) in [4.78, 5) is 28.7. The van der Waals surface area contributed by atoms with Crippen molar-refractivity contribution >= 4 is 28.5 Å². The molecule has 3 aromatic rings. The maximum absolute atomic E-state index is 12.3. The number of anilines is 1. The molecule has 6 heteroatoms. The number of amides is 1. The molecule has 0 saturated carbocycles. The maximum atomic E-state index is 12.3. The zero-order valence-electron chi connectivity index (χ0n) is 16.1. The van der Waals surface area contributed by atoms with Crippen molar-refractivity contribution in [1.82, 2.24) is 4.98 Å². The normalized spacial score (nSPS) is 10.5. The van der Waals surface area contributed by atoms with Gasteiger partial charge in [-0.2, -0.15) is 0 Å². The minimum absolute atomic E-state index is 0.157. The van der Waals surface area contributed by atoms with Crippen LogP contribution in [0.2, 0.25) is 0 Å². The molecule has 6 nitrogen and oxygen atoms in total. The van der Waals surface area contributed by atoms with Crippen LogP contribution in [0.3, 0.4) is 0 Å². The highest BCUT2D eigenvalue weighted by molar-refractivity contribution is 5.95. The van der Waals surface area contributed by atoms with Gasteiger partial charge >= 0.3 is 5.97 Å². The highest BCUT2D eigenvalue weighted by atomic mass is 16.5. The molecule has 0 bridgehead atoms. The molecule has 0 saturated heterocycles. The third-order valence-electron chi connectivity index (χ3n) is 4.15. The summed E-state index contributed by atoms with van der Waals surface area (Å²) in [6, 6.07) is 14.3. The van der Waals surface area contributed by atoms with Gasteiger partial charge in [0.2, 0.25) is 0 Å². The van der Waals surface area contributed by atoms with Crippen molar-refractivity contribution in [3.8, 4) is 5.75 Å². The lowest BCUT2D eigenvalue weighted by atomic mass is 10.1. The highest BCUT2D eigenvalue weighted by Crippen LogP contribution is 2.27. The number of nitrogens with one attached hydrogen (secondary N) is 1. The fourth-order valence-corrected chi connectivity index (χ4v) is 2.88. The molecule has 1 heterocycles. The molecule has 0 unspecified atom stereocenters. The van der Waals surface area contributed by atoms with Crippen LogP contribution in [0, 0.1) is 13.8 Å². The second-order valence-electron chi connectivity index (χ2n) is 6.37. The Bertz CT molecular complexity index is 1030. The van der Waals surface area contributed by atoms with E-state index in [9.17, 15) is 9.59 Å². The van der Waals surface area contributed by atoms with E-state index < -0.39 is 5.97 Å². The Morgan fingerprint density at radius 1 is 1.07 bits per heavy atom. The van der Waals surface area contributed by atoms with Crippen LogP contribution < -0.4 is 10.1 Å². The second kappa shape index (κ2) is 8.52. The number of esters is 1. The number of nitrogens with zero attached hydrogens (tertiary/aromatic N) is 1. The molecule has 28 heavy (non-hydrogen) atoms. The number of benzene rings is 2. The zero-order chi connectivity index (χ0) is 20.1. The number of hydrogen-bond acceptors (Lipinski definition) is 5. The lowest BCUT2D eigenvalue weighted by Crippen LogP contribution is -2.20. The van der Waals surface area contributed by atoms with Gasteiger partial charge in [0.05, 0.1) is 17.7 Å². The molecule has 0 aliphatic heterocycles. The van der Waals surface area contributed by atoms with Crippen LogP contribution in [0.5, 0.6) is 5.75 Å². The Hall–Kier alpha value is -3.41. The lowest BCUT2D eigenvalue weighted by Gasteiger charge is -2.12. The van der Waals surface area contributed by atoms with Crippen LogP contribution >= 0.6 is 0 Å². The van der Waals surface area contributed by atoms with E-state index in [1.807, 2.05) is 38.1 Å². The molecule has 0 fully saturated rings. The van der Waals surface area contributed by atoms with E-state index in [2.05, 4.69) is 10.3 Å². The SMILES string of the molecule is CCOC(=O)c1cccc(NC(=O)COc2cc(C)nc3c(C)cccc23)c1. The van der Waals surface area contributed by atoms with Gasteiger partial charge < -0.3 is 14.8 Å². The van der Waals surface area contributed by atoms with Crippen molar-refractivity contribution in [2.75, 3.05) is 18.5 Å². The van der Waals surface area contributed by atoms with E-state index in [-0.39, 0.29) is 12.5 Å². The van der Waals surface area contributed by atoms with Crippen LogP contribution in [-0.4, -0.2) is 30.1 Å². The monoisotopic (exact) mass is 378 g/mol. The quantitative estimate of drug-likeness (QED) is 0.655. The fourth-order valence-electron chi connectivity index (χ4n) is 2.88. The summed E-state index contributed by atoms with van der Waals surface area (Å²) in [5.74, 6) is -0.137. The summed E-state index contributed by atoms with van der Waals surface area (Å²) < 4.78 is 10.7. The van der Waals surface area contributed by atoms with Crippen molar-refractivity contribution in [1.29, 1.82) is 0 Å². The van der Waals surface area contributed by atoms with Gasteiger partial charge in [0.15, 0.2) is 6.61 Å². The topological polar surface area (TPSA) is 77.5 Å². The molecular formula is C22H22N2O4. The Morgan fingerprint density at radius 3 is 2.64 bits per heavy atom. The number of pyridine rings is 1. The first-order chi connectivity index (χ1) is 13.5.